The number of aromatic nitrogens is 5. The molecule has 0 aliphatic heterocycles. The maximum atomic E-state index is 13.5. The van der Waals surface area contributed by atoms with Crippen molar-refractivity contribution in [3.05, 3.63) is 175 Å². The first-order chi connectivity index (χ1) is 26.4. The second kappa shape index (κ2) is 12.3. The van der Waals surface area contributed by atoms with Gasteiger partial charge >= 0.3 is 6.18 Å². The SMILES string of the molecule is FC(F)(F)c1ccc(-n2c3ccccc3c3ccc(-c4ccc5c6ccccc6n(-c6nc(-c7ccccc7)nc(-c7ccccc7)n6)c5c4)cc32)cc1. The van der Waals surface area contributed by atoms with Gasteiger partial charge in [0.1, 0.15) is 0 Å². The molecule has 0 saturated carbocycles. The zero-order valence-corrected chi connectivity index (χ0v) is 28.5. The summed E-state index contributed by atoms with van der Waals surface area (Å²) < 4.78 is 44.6. The molecule has 8 heteroatoms. The van der Waals surface area contributed by atoms with Gasteiger partial charge in [-0.2, -0.15) is 23.1 Å². The maximum Gasteiger partial charge on any atom is 0.416 e. The molecule has 0 spiro atoms. The lowest BCUT2D eigenvalue weighted by molar-refractivity contribution is -0.137. The van der Waals surface area contributed by atoms with Crippen molar-refractivity contribution in [3.63, 3.8) is 0 Å². The Labute approximate surface area is 307 Å². The van der Waals surface area contributed by atoms with E-state index in [1.807, 2.05) is 102 Å². The van der Waals surface area contributed by atoms with Crippen molar-refractivity contribution in [3.8, 4) is 45.5 Å². The number of benzene rings is 7. The molecule has 0 N–H and O–H groups in total. The smallest absolute Gasteiger partial charge is 0.309 e. The summed E-state index contributed by atoms with van der Waals surface area (Å²) in [6.45, 7) is 0. The lowest BCUT2D eigenvalue weighted by Gasteiger charge is -2.12. The molecule has 0 radical (unpaired) electrons. The molecule has 0 aliphatic rings. The molecule has 3 aromatic heterocycles. The standard InChI is InChI=1S/C46H28F3N5/c47-46(48,49)33-21-23-34(24-22-33)53-39-17-9-7-15-35(39)37-25-19-31(27-41(37)53)32-20-26-38-36-16-8-10-18-40(36)54(42(38)28-32)45-51-43(29-11-3-1-4-12-29)50-44(52-45)30-13-5-2-6-14-30/h1-28H. The summed E-state index contributed by atoms with van der Waals surface area (Å²) in [5, 5.41) is 4.15. The van der Waals surface area contributed by atoms with E-state index < -0.39 is 11.7 Å². The Hall–Kier alpha value is -7.06. The van der Waals surface area contributed by atoms with Crippen LogP contribution in [0.4, 0.5) is 13.2 Å². The summed E-state index contributed by atoms with van der Waals surface area (Å²) in [5.74, 6) is 1.65. The Balaban J connectivity index is 1.19. The highest BCUT2D eigenvalue weighted by molar-refractivity contribution is 6.12. The average molecular weight is 708 g/mol. The topological polar surface area (TPSA) is 48.5 Å². The second-order valence-electron chi connectivity index (χ2n) is 13.2. The van der Waals surface area contributed by atoms with E-state index >= 15 is 0 Å². The van der Waals surface area contributed by atoms with Gasteiger partial charge in [0.25, 0.3) is 0 Å². The quantitative estimate of drug-likeness (QED) is 0.179. The molecule has 0 saturated heterocycles. The normalized spacial score (nSPS) is 12.0. The van der Waals surface area contributed by atoms with E-state index in [1.54, 1.807) is 0 Å². The maximum absolute atomic E-state index is 13.5. The second-order valence-corrected chi connectivity index (χ2v) is 13.2. The lowest BCUT2D eigenvalue weighted by Crippen LogP contribution is -2.06. The number of hydrogen-bond acceptors (Lipinski definition) is 3. The minimum atomic E-state index is -4.42. The molecule has 10 rings (SSSR count). The van der Waals surface area contributed by atoms with Crippen LogP contribution in [0.5, 0.6) is 0 Å². The Morgan fingerprint density at radius 1 is 0.370 bits per heavy atom. The molecule has 7 aromatic carbocycles. The van der Waals surface area contributed by atoms with Crippen molar-refractivity contribution in [1.82, 2.24) is 24.1 Å². The fourth-order valence-corrected chi connectivity index (χ4v) is 7.49. The number of fused-ring (bicyclic) bond motifs is 6. The van der Waals surface area contributed by atoms with Crippen LogP contribution >= 0.6 is 0 Å². The van der Waals surface area contributed by atoms with Gasteiger partial charge in [-0.3, -0.25) is 4.57 Å². The molecule has 5 nitrogen and oxygen atoms in total. The van der Waals surface area contributed by atoms with E-state index in [0.29, 0.717) is 23.3 Å². The minimum absolute atomic E-state index is 0.504. The highest BCUT2D eigenvalue weighted by Crippen LogP contribution is 2.39. The zero-order valence-electron chi connectivity index (χ0n) is 28.5. The molecular formula is C46H28F3N5. The van der Waals surface area contributed by atoms with Crippen LogP contribution in [-0.2, 0) is 6.18 Å². The predicted molar refractivity (Wildman–Crippen MR) is 210 cm³/mol. The van der Waals surface area contributed by atoms with E-state index in [-0.39, 0.29) is 0 Å². The number of nitrogens with zero attached hydrogens (tertiary/aromatic N) is 5. The number of halogens is 3. The molecule has 0 atom stereocenters. The third-order valence-corrected chi connectivity index (χ3v) is 10.0. The van der Waals surface area contributed by atoms with Crippen LogP contribution in [0.2, 0.25) is 0 Å². The Kier molecular flexibility index (Phi) is 7.20. The number of alkyl halides is 3. The first-order valence-corrected chi connectivity index (χ1v) is 17.5. The van der Waals surface area contributed by atoms with Crippen molar-refractivity contribution in [2.75, 3.05) is 0 Å². The van der Waals surface area contributed by atoms with Crippen LogP contribution in [0.1, 0.15) is 5.56 Å². The molecule has 0 aliphatic carbocycles. The molecule has 10 aromatic rings. The van der Waals surface area contributed by atoms with Crippen LogP contribution in [-0.4, -0.2) is 24.1 Å². The van der Waals surface area contributed by atoms with Crippen LogP contribution in [0.15, 0.2) is 170 Å². The highest BCUT2D eigenvalue weighted by atomic mass is 19.4. The molecule has 0 unspecified atom stereocenters. The molecule has 0 amide bonds. The molecule has 258 valence electrons. The van der Waals surface area contributed by atoms with Gasteiger partial charge in [-0.15, -0.1) is 0 Å². The highest BCUT2D eigenvalue weighted by Gasteiger charge is 2.30. The number of rotatable bonds is 5. The Morgan fingerprint density at radius 3 is 1.33 bits per heavy atom. The largest absolute Gasteiger partial charge is 0.416 e. The molecule has 54 heavy (non-hydrogen) atoms. The van der Waals surface area contributed by atoms with E-state index in [9.17, 15) is 13.2 Å². The first-order valence-electron chi connectivity index (χ1n) is 17.5. The summed E-state index contributed by atoms with van der Waals surface area (Å²) >= 11 is 0. The Bertz CT molecular complexity index is 2960. The van der Waals surface area contributed by atoms with Gasteiger partial charge < -0.3 is 4.57 Å². The van der Waals surface area contributed by atoms with Gasteiger partial charge in [-0.05, 0) is 59.7 Å². The van der Waals surface area contributed by atoms with Crippen LogP contribution in [0.25, 0.3) is 89.2 Å². The Morgan fingerprint density at radius 2 is 0.815 bits per heavy atom. The summed E-state index contributed by atoms with van der Waals surface area (Å²) in [6, 6.07) is 54.1. The average Bonchev–Trinajstić information content (AvgIpc) is 3.73. The van der Waals surface area contributed by atoms with Crippen molar-refractivity contribution >= 4 is 43.6 Å². The van der Waals surface area contributed by atoms with Gasteiger partial charge in [0, 0.05) is 38.4 Å². The van der Waals surface area contributed by atoms with E-state index in [4.69, 9.17) is 15.0 Å². The van der Waals surface area contributed by atoms with Gasteiger partial charge in [-0.25, -0.2) is 4.98 Å². The number of hydrogen-bond donors (Lipinski definition) is 0. The van der Waals surface area contributed by atoms with Gasteiger partial charge in [0.15, 0.2) is 11.6 Å². The van der Waals surface area contributed by atoms with E-state index in [1.165, 1.54) is 12.1 Å². The van der Waals surface area contributed by atoms with E-state index in [0.717, 1.165) is 78.0 Å². The minimum Gasteiger partial charge on any atom is -0.309 e. The van der Waals surface area contributed by atoms with Crippen LogP contribution in [0.3, 0.4) is 0 Å². The monoisotopic (exact) mass is 707 g/mol. The summed E-state index contributed by atoms with van der Waals surface area (Å²) in [7, 11) is 0. The van der Waals surface area contributed by atoms with Gasteiger partial charge in [0.05, 0.1) is 27.6 Å². The molecular weight excluding hydrogens is 680 g/mol. The van der Waals surface area contributed by atoms with Gasteiger partial charge in [-0.1, -0.05) is 121 Å². The summed E-state index contributed by atoms with van der Waals surface area (Å²) in [6.07, 6.45) is -4.42. The number of para-hydroxylation sites is 2. The fourth-order valence-electron chi connectivity index (χ4n) is 7.49. The first kappa shape index (κ1) is 31.7. The molecule has 0 fully saturated rings. The molecule has 0 bridgehead atoms. The third-order valence-electron chi connectivity index (χ3n) is 10.0. The third kappa shape index (κ3) is 5.22. The van der Waals surface area contributed by atoms with Gasteiger partial charge in [0.2, 0.25) is 5.95 Å². The van der Waals surface area contributed by atoms with Crippen LogP contribution < -0.4 is 0 Å². The van der Waals surface area contributed by atoms with Crippen molar-refractivity contribution < 1.29 is 13.2 Å². The van der Waals surface area contributed by atoms with Crippen molar-refractivity contribution in [2.24, 2.45) is 0 Å². The fraction of sp³-hybridized carbons (Fsp3) is 0.0217. The summed E-state index contributed by atoms with van der Waals surface area (Å²) in [4.78, 5) is 15.1. The van der Waals surface area contributed by atoms with E-state index in [2.05, 4.69) is 53.1 Å². The molecule has 3 heterocycles. The predicted octanol–water partition coefficient (Wildman–Crippen LogP) is 12.1. The van der Waals surface area contributed by atoms with Crippen molar-refractivity contribution in [1.29, 1.82) is 0 Å². The lowest BCUT2D eigenvalue weighted by atomic mass is 10.0. The van der Waals surface area contributed by atoms with Crippen LogP contribution in [0, 0.1) is 0 Å². The van der Waals surface area contributed by atoms with Crippen molar-refractivity contribution in [2.45, 2.75) is 6.18 Å². The zero-order chi connectivity index (χ0) is 36.4. The summed E-state index contributed by atoms with van der Waals surface area (Å²) in [5.41, 5.74) is 7.38.